The van der Waals surface area contributed by atoms with Crippen molar-refractivity contribution in [2.75, 3.05) is 20.6 Å². The topological polar surface area (TPSA) is 58.4 Å². The van der Waals surface area contributed by atoms with E-state index in [9.17, 15) is 4.79 Å². The molecule has 0 spiro atoms. The molecule has 1 aromatic carbocycles. The Hall–Kier alpha value is -2.14. The van der Waals surface area contributed by atoms with Crippen LogP contribution in [0, 0.1) is 5.92 Å². The summed E-state index contributed by atoms with van der Waals surface area (Å²) in [6.07, 6.45) is 4.61. The molecule has 128 valence electrons. The Labute approximate surface area is 143 Å². The van der Waals surface area contributed by atoms with Crippen molar-refractivity contribution in [3.63, 3.8) is 0 Å². The van der Waals surface area contributed by atoms with Gasteiger partial charge in [0.2, 0.25) is 0 Å². The van der Waals surface area contributed by atoms with Crippen LogP contribution in [0.3, 0.4) is 0 Å². The van der Waals surface area contributed by atoms with Gasteiger partial charge in [0.15, 0.2) is 11.5 Å². The summed E-state index contributed by atoms with van der Waals surface area (Å²) in [6, 6.07) is 11.6. The van der Waals surface area contributed by atoms with Crippen molar-refractivity contribution < 1.29 is 9.32 Å². The van der Waals surface area contributed by atoms with Gasteiger partial charge in [0.1, 0.15) is 0 Å². The highest BCUT2D eigenvalue weighted by molar-refractivity contribution is 5.93. The number of benzene rings is 1. The maximum absolute atomic E-state index is 12.5. The van der Waals surface area contributed by atoms with Gasteiger partial charge in [-0.1, -0.05) is 48.3 Å². The average Bonchev–Trinajstić information content (AvgIpc) is 3.07. The van der Waals surface area contributed by atoms with Crippen molar-refractivity contribution in [2.45, 2.75) is 31.7 Å². The van der Waals surface area contributed by atoms with E-state index in [4.69, 9.17) is 4.52 Å². The van der Waals surface area contributed by atoms with Crippen LogP contribution in [0.1, 0.15) is 36.2 Å². The van der Waals surface area contributed by atoms with Gasteiger partial charge in [-0.05, 0) is 32.9 Å². The number of carbonyl (C=O) groups is 1. The fraction of sp³-hybridized carbons (Fsp3) is 0.474. The second-order valence-electron chi connectivity index (χ2n) is 6.83. The molecule has 1 aliphatic rings. The van der Waals surface area contributed by atoms with Crippen molar-refractivity contribution >= 4 is 5.91 Å². The summed E-state index contributed by atoms with van der Waals surface area (Å²) in [5.74, 6) is 0.976. The van der Waals surface area contributed by atoms with Crippen LogP contribution < -0.4 is 5.32 Å². The van der Waals surface area contributed by atoms with E-state index in [0.29, 0.717) is 17.4 Å². The van der Waals surface area contributed by atoms with Gasteiger partial charge >= 0.3 is 0 Å². The fourth-order valence-corrected chi connectivity index (χ4v) is 3.45. The first-order valence-corrected chi connectivity index (χ1v) is 8.61. The van der Waals surface area contributed by atoms with Crippen LogP contribution in [0.2, 0.25) is 0 Å². The van der Waals surface area contributed by atoms with Gasteiger partial charge in [-0.15, -0.1) is 0 Å². The molecule has 1 saturated carbocycles. The van der Waals surface area contributed by atoms with Crippen LogP contribution in [0.5, 0.6) is 0 Å². The molecular formula is C19H25N3O2. The quantitative estimate of drug-likeness (QED) is 0.916. The predicted molar refractivity (Wildman–Crippen MR) is 93.7 cm³/mol. The van der Waals surface area contributed by atoms with Gasteiger partial charge in [0.05, 0.1) is 0 Å². The van der Waals surface area contributed by atoms with Gasteiger partial charge in [0, 0.05) is 24.2 Å². The lowest BCUT2D eigenvalue weighted by molar-refractivity contribution is 0.0886. The van der Waals surface area contributed by atoms with Crippen LogP contribution in [-0.4, -0.2) is 42.6 Å². The summed E-state index contributed by atoms with van der Waals surface area (Å²) in [6.45, 7) is 0.999. The average molecular weight is 327 g/mol. The van der Waals surface area contributed by atoms with Gasteiger partial charge in [-0.25, -0.2) is 0 Å². The first-order valence-electron chi connectivity index (χ1n) is 8.61. The number of nitrogens with zero attached hydrogens (tertiary/aromatic N) is 2. The fourth-order valence-electron chi connectivity index (χ4n) is 3.45. The number of aromatic nitrogens is 1. The zero-order valence-corrected chi connectivity index (χ0v) is 14.4. The highest BCUT2D eigenvalue weighted by atomic mass is 16.5. The van der Waals surface area contributed by atoms with Crippen molar-refractivity contribution in [1.82, 2.24) is 15.4 Å². The zero-order chi connectivity index (χ0) is 16.9. The normalized spacial score (nSPS) is 21.0. The van der Waals surface area contributed by atoms with E-state index in [1.54, 1.807) is 6.07 Å². The van der Waals surface area contributed by atoms with E-state index in [2.05, 4.69) is 29.5 Å². The van der Waals surface area contributed by atoms with Crippen LogP contribution in [0.25, 0.3) is 11.3 Å². The number of carbonyl (C=O) groups excluding carboxylic acids is 1. The second-order valence-corrected chi connectivity index (χ2v) is 6.83. The third kappa shape index (κ3) is 4.03. The molecule has 3 rings (SSSR count). The molecule has 2 atom stereocenters. The number of hydrogen-bond acceptors (Lipinski definition) is 4. The Bertz CT molecular complexity index is 666. The standard InChI is InChI=1S/C19H25N3O2/c1-22(2)13-15-10-6-7-11-16(15)20-19(23)17-12-18(24-21-17)14-8-4-3-5-9-14/h3-5,8-9,12,15-16H,6-7,10-11,13H2,1-2H3,(H,20,23). The Morgan fingerprint density at radius 3 is 2.75 bits per heavy atom. The van der Waals surface area contributed by atoms with E-state index < -0.39 is 0 Å². The largest absolute Gasteiger partial charge is 0.355 e. The third-order valence-corrected chi connectivity index (χ3v) is 4.63. The Morgan fingerprint density at radius 1 is 1.25 bits per heavy atom. The smallest absolute Gasteiger partial charge is 0.273 e. The van der Waals surface area contributed by atoms with E-state index in [1.807, 2.05) is 30.3 Å². The van der Waals surface area contributed by atoms with Crippen molar-refractivity contribution in [3.8, 4) is 11.3 Å². The monoisotopic (exact) mass is 327 g/mol. The molecule has 0 radical (unpaired) electrons. The Morgan fingerprint density at radius 2 is 2.00 bits per heavy atom. The first kappa shape index (κ1) is 16.7. The molecule has 1 fully saturated rings. The van der Waals surface area contributed by atoms with Gasteiger partial charge in [-0.3, -0.25) is 4.79 Å². The molecule has 1 aliphatic carbocycles. The summed E-state index contributed by atoms with van der Waals surface area (Å²) in [7, 11) is 4.16. The summed E-state index contributed by atoms with van der Waals surface area (Å²) in [5.41, 5.74) is 1.27. The molecule has 1 aromatic heterocycles. The van der Waals surface area contributed by atoms with E-state index in [-0.39, 0.29) is 11.9 Å². The lowest BCUT2D eigenvalue weighted by Crippen LogP contribution is -2.45. The second kappa shape index (κ2) is 7.62. The number of nitrogens with one attached hydrogen (secondary N) is 1. The Balaban J connectivity index is 1.67. The first-order chi connectivity index (χ1) is 11.6. The molecular weight excluding hydrogens is 302 g/mol. The van der Waals surface area contributed by atoms with Gasteiger partial charge in [-0.2, -0.15) is 0 Å². The van der Waals surface area contributed by atoms with E-state index >= 15 is 0 Å². The van der Waals surface area contributed by atoms with Crippen LogP contribution in [-0.2, 0) is 0 Å². The predicted octanol–water partition coefficient (Wildman–Crippen LogP) is 3.19. The molecule has 5 nitrogen and oxygen atoms in total. The summed E-state index contributed by atoms with van der Waals surface area (Å²) >= 11 is 0. The van der Waals surface area contributed by atoms with Gasteiger partial charge in [0.25, 0.3) is 5.91 Å². The number of hydrogen-bond donors (Lipinski definition) is 1. The minimum absolute atomic E-state index is 0.142. The van der Waals surface area contributed by atoms with Crippen LogP contribution >= 0.6 is 0 Å². The number of amides is 1. The van der Waals surface area contributed by atoms with Crippen LogP contribution in [0.15, 0.2) is 40.9 Å². The third-order valence-electron chi connectivity index (χ3n) is 4.63. The van der Waals surface area contributed by atoms with E-state index in [1.165, 1.54) is 12.8 Å². The molecule has 1 heterocycles. The minimum atomic E-state index is -0.142. The highest BCUT2D eigenvalue weighted by Gasteiger charge is 2.28. The molecule has 0 bridgehead atoms. The molecule has 5 heteroatoms. The lowest BCUT2D eigenvalue weighted by atomic mass is 9.84. The molecule has 2 aromatic rings. The maximum Gasteiger partial charge on any atom is 0.273 e. The lowest BCUT2D eigenvalue weighted by Gasteiger charge is -2.33. The van der Waals surface area contributed by atoms with Crippen LogP contribution in [0.4, 0.5) is 0 Å². The molecule has 1 N–H and O–H groups in total. The summed E-state index contributed by atoms with van der Waals surface area (Å²) < 4.78 is 5.33. The van der Waals surface area contributed by atoms with Gasteiger partial charge < -0.3 is 14.7 Å². The maximum atomic E-state index is 12.5. The van der Waals surface area contributed by atoms with Crippen molar-refractivity contribution in [3.05, 3.63) is 42.1 Å². The highest BCUT2D eigenvalue weighted by Crippen LogP contribution is 2.26. The summed E-state index contributed by atoms with van der Waals surface area (Å²) in [4.78, 5) is 14.7. The SMILES string of the molecule is CN(C)CC1CCCCC1NC(=O)c1cc(-c2ccccc2)on1. The zero-order valence-electron chi connectivity index (χ0n) is 14.4. The molecule has 0 aliphatic heterocycles. The van der Waals surface area contributed by atoms with E-state index in [0.717, 1.165) is 24.9 Å². The molecule has 0 saturated heterocycles. The summed E-state index contributed by atoms with van der Waals surface area (Å²) in [5, 5.41) is 7.11. The van der Waals surface area contributed by atoms with Crippen molar-refractivity contribution in [2.24, 2.45) is 5.92 Å². The molecule has 24 heavy (non-hydrogen) atoms. The molecule has 2 unspecified atom stereocenters. The Kier molecular flexibility index (Phi) is 5.30. The molecule has 1 amide bonds. The minimum Gasteiger partial charge on any atom is -0.355 e. The van der Waals surface area contributed by atoms with Crippen molar-refractivity contribution in [1.29, 1.82) is 0 Å². The number of rotatable bonds is 5.